The van der Waals surface area contributed by atoms with Crippen molar-refractivity contribution in [1.82, 2.24) is 15.5 Å². The minimum Gasteiger partial charge on any atom is -0.487 e. The predicted molar refractivity (Wildman–Crippen MR) is 90.4 cm³/mol. The number of benzene rings is 1. The molecule has 2 N–H and O–H groups in total. The molecule has 5 nitrogen and oxygen atoms in total. The van der Waals surface area contributed by atoms with Gasteiger partial charge in [-0.3, -0.25) is 9.89 Å². The van der Waals surface area contributed by atoms with Crippen molar-refractivity contribution < 1.29 is 9.53 Å². The van der Waals surface area contributed by atoms with Crippen LogP contribution < -0.4 is 10.1 Å². The van der Waals surface area contributed by atoms with Crippen LogP contribution in [0.2, 0.25) is 0 Å². The van der Waals surface area contributed by atoms with Crippen LogP contribution >= 0.6 is 0 Å². The van der Waals surface area contributed by atoms with Crippen LogP contribution in [0.4, 0.5) is 0 Å². The Morgan fingerprint density at radius 2 is 1.96 bits per heavy atom. The zero-order chi connectivity index (χ0) is 16.7. The predicted octanol–water partition coefficient (Wildman–Crippen LogP) is 3.54. The molecule has 23 heavy (non-hydrogen) atoms. The van der Waals surface area contributed by atoms with E-state index in [1.54, 1.807) is 6.07 Å². The molecule has 0 saturated heterocycles. The second kappa shape index (κ2) is 8.36. The van der Waals surface area contributed by atoms with Crippen molar-refractivity contribution in [3.8, 4) is 5.75 Å². The standard InChI is InChI=1S/C18H25N3O2/c1-13(2)9-10-14(3)19-18(22)17-11-15(20-21-17)12-23-16-7-5-4-6-8-16/h4-8,11,13-14H,9-10,12H2,1-3H3,(H,19,22)(H,20,21). The van der Waals surface area contributed by atoms with Crippen LogP contribution in [0.15, 0.2) is 36.4 Å². The van der Waals surface area contributed by atoms with Gasteiger partial charge in [-0.15, -0.1) is 0 Å². The molecule has 1 heterocycles. The Bertz CT molecular complexity index is 608. The highest BCUT2D eigenvalue weighted by Gasteiger charge is 2.13. The van der Waals surface area contributed by atoms with Crippen molar-refractivity contribution in [2.24, 2.45) is 5.92 Å². The lowest BCUT2D eigenvalue weighted by Gasteiger charge is -2.14. The number of nitrogens with zero attached hydrogens (tertiary/aromatic N) is 1. The Labute approximate surface area is 137 Å². The first kappa shape index (κ1) is 17.1. The van der Waals surface area contributed by atoms with Crippen molar-refractivity contribution in [2.75, 3.05) is 0 Å². The highest BCUT2D eigenvalue weighted by atomic mass is 16.5. The van der Waals surface area contributed by atoms with E-state index in [1.807, 2.05) is 37.3 Å². The van der Waals surface area contributed by atoms with Crippen molar-refractivity contribution in [2.45, 2.75) is 46.3 Å². The van der Waals surface area contributed by atoms with E-state index in [4.69, 9.17) is 4.74 Å². The van der Waals surface area contributed by atoms with Gasteiger partial charge in [0.1, 0.15) is 18.1 Å². The molecule has 1 aromatic heterocycles. The molecule has 0 saturated carbocycles. The average molecular weight is 315 g/mol. The summed E-state index contributed by atoms with van der Waals surface area (Å²) in [6.45, 7) is 6.74. The van der Waals surface area contributed by atoms with Gasteiger partial charge in [0.05, 0.1) is 5.69 Å². The summed E-state index contributed by atoms with van der Waals surface area (Å²) in [6, 6.07) is 11.4. The molecule has 1 unspecified atom stereocenters. The molecule has 0 fully saturated rings. The number of hydrogen-bond acceptors (Lipinski definition) is 3. The number of carbonyl (C=O) groups is 1. The van der Waals surface area contributed by atoms with E-state index in [0.717, 1.165) is 24.3 Å². The van der Waals surface area contributed by atoms with E-state index >= 15 is 0 Å². The first-order valence-corrected chi connectivity index (χ1v) is 8.07. The zero-order valence-electron chi connectivity index (χ0n) is 14.0. The second-order valence-corrected chi connectivity index (χ2v) is 6.23. The maximum atomic E-state index is 12.2. The quantitative estimate of drug-likeness (QED) is 0.783. The van der Waals surface area contributed by atoms with Gasteiger partial charge in [-0.1, -0.05) is 32.0 Å². The van der Waals surface area contributed by atoms with Gasteiger partial charge in [0.2, 0.25) is 0 Å². The van der Waals surface area contributed by atoms with Gasteiger partial charge < -0.3 is 10.1 Å². The van der Waals surface area contributed by atoms with Gasteiger partial charge >= 0.3 is 0 Å². The summed E-state index contributed by atoms with van der Waals surface area (Å²) in [4.78, 5) is 12.2. The van der Waals surface area contributed by atoms with Crippen LogP contribution in [0.3, 0.4) is 0 Å². The molecule has 1 amide bonds. The van der Waals surface area contributed by atoms with E-state index < -0.39 is 0 Å². The van der Waals surface area contributed by atoms with Gasteiger partial charge in [0.25, 0.3) is 5.91 Å². The fourth-order valence-corrected chi connectivity index (χ4v) is 2.18. The van der Waals surface area contributed by atoms with E-state index in [9.17, 15) is 4.79 Å². The number of aromatic amines is 1. The molecular formula is C18H25N3O2. The molecule has 0 aliphatic rings. The highest BCUT2D eigenvalue weighted by molar-refractivity contribution is 5.92. The minimum absolute atomic E-state index is 0.144. The van der Waals surface area contributed by atoms with Crippen LogP contribution in [0.5, 0.6) is 5.75 Å². The topological polar surface area (TPSA) is 67.0 Å². The summed E-state index contributed by atoms with van der Waals surface area (Å²) in [6.07, 6.45) is 2.07. The Kier molecular flexibility index (Phi) is 6.20. The molecule has 0 bridgehead atoms. The van der Waals surface area contributed by atoms with Crippen molar-refractivity contribution in [1.29, 1.82) is 0 Å². The number of hydrogen-bond donors (Lipinski definition) is 2. The summed E-state index contributed by atoms with van der Waals surface area (Å²) in [7, 11) is 0. The molecule has 1 atom stereocenters. The molecule has 2 aromatic rings. The van der Waals surface area contributed by atoms with Gasteiger partial charge in [0, 0.05) is 6.04 Å². The molecule has 0 spiro atoms. The van der Waals surface area contributed by atoms with Gasteiger partial charge in [-0.25, -0.2) is 0 Å². The normalized spacial score (nSPS) is 12.2. The fraction of sp³-hybridized carbons (Fsp3) is 0.444. The van der Waals surface area contributed by atoms with Crippen molar-refractivity contribution in [3.63, 3.8) is 0 Å². The Morgan fingerprint density at radius 3 is 2.65 bits per heavy atom. The summed E-state index contributed by atoms with van der Waals surface area (Å²) >= 11 is 0. The molecule has 0 radical (unpaired) electrons. The Morgan fingerprint density at radius 1 is 1.22 bits per heavy atom. The number of rotatable bonds is 8. The molecule has 5 heteroatoms. The fourth-order valence-electron chi connectivity index (χ4n) is 2.18. The largest absolute Gasteiger partial charge is 0.487 e. The maximum absolute atomic E-state index is 12.2. The monoisotopic (exact) mass is 315 g/mol. The van der Waals surface area contributed by atoms with Gasteiger partial charge in [-0.05, 0) is 43.9 Å². The highest BCUT2D eigenvalue weighted by Crippen LogP contribution is 2.11. The molecular weight excluding hydrogens is 290 g/mol. The summed E-state index contributed by atoms with van der Waals surface area (Å²) in [5.41, 5.74) is 1.17. The van der Waals surface area contributed by atoms with Crippen LogP contribution in [0.25, 0.3) is 0 Å². The van der Waals surface area contributed by atoms with Crippen LogP contribution in [-0.4, -0.2) is 22.1 Å². The lowest BCUT2D eigenvalue weighted by atomic mass is 10.0. The Balaban J connectivity index is 1.82. The zero-order valence-corrected chi connectivity index (χ0v) is 14.0. The van der Waals surface area contributed by atoms with Crippen LogP contribution in [-0.2, 0) is 6.61 Å². The molecule has 1 aromatic carbocycles. The third-order valence-corrected chi connectivity index (χ3v) is 3.56. The number of para-hydroxylation sites is 1. The number of amides is 1. The first-order valence-electron chi connectivity index (χ1n) is 8.07. The second-order valence-electron chi connectivity index (χ2n) is 6.23. The lowest BCUT2D eigenvalue weighted by Crippen LogP contribution is -2.33. The molecule has 0 aliphatic carbocycles. The third-order valence-electron chi connectivity index (χ3n) is 3.56. The number of aromatic nitrogens is 2. The number of H-pyrrole nitrogens is 1. The summed E-state index contributed by atoms with van der Waals surface area (Å²) < 4.78 is 5.63. The van der Waals surface area contributed by atoms with E-state index in [1.165, 1.54) is 0 Å². The van der Waals surface area contributed by atoms with Crippen molar-refractivity contribution >= 4 is 5.91 Å². The van der Waals surface area contributed by atoms with E-state index in [-0.39, 0.29) is 11.9 Å². The smallest absolute Gasteiger partial charge is 0.271 e. The first-order chi connectivity index (χ1) is 11.0. The third kappa shape index (κ3) is 5.77. The average Bonchev–Trinajstić information content (AvgIpc) is 3.01. The number of carbonyl (C=O) groups excluding carboxylic acids is 1. The van der Waals surface area contributed by atoms with Crippen LogP contribution in [0, 0.1) is 5.92 Å². The summed E-state index contributed by atoms with van der Waals surface area (Å²) in [5.74, 6) is 1.28. The lowest BCUT2D eigenvalue weighted by molar-refractivity contribution is 0.0932. The van der Waals surface area contributed by atoms with E-state index in [0.29, 0.717) is 18.2 Å². The van der Waals surface area contributed by atoms with Crippen molar-refractivity contribution in [3.05, 3.63) is 47.8 Å². The Hall–Kier alpha value is -2.30. The maximum Gasteiger partial charge on any atom is 0.271 e. The summed E-state index contributed by atoms with van der Waals surface area (Å²) in [5, 5.41) is 9.88. The number of ether oxygens (including phenoxy) is 1. The van der Waals surface area contributed by atoms with Crippen LogP contribution in [0.1, 0.15) is 49.8 Å². The molecule has 2 rings (SSSR count). The van der Waals surface area contributed by atoms with Gasteiger partial charge in [-0.2, -0.15) is 5.10 Å². The molecule has 0 aliphatic heterocycles. The van der Waals surface area contributed by atoms with Gasteiger partial charge in [0.15, 0.2) is 0 Å². The number of nitrogens with one attached hydrogen (secondary N) is 2. The molecule has 124 valence electrons. The SMILES string of the molecule is CC(C)CCC(C)NC(=O)c1cc(COc2ccccc2)[nH]n1. The minimum atomic E-state index is -0.150. The van der Waals surface area contributed by atoms with E-state index in [2.05, 4.69) is 29.4 Å².